The first-order valence-electron chi connectivity index (χ1n) is 2.02. The highest BCUT2D eigenvalue weighted by Crippen LogP contribution is 2.08. The largest absolute Gasteiger partial charge is 0.380 e. The average molecular weight is 133 g/mol. The van der Waals surface area contributed by atoms with Crippen LogP contribution in [0, 0.1) is 0 Å². The maximum atomic E-state index is 5.41. The van der Waals surface area contributed by atoms with E-state index in [1.54, 1.807) is 7.05 Å². The molecule has 2 N–H and O–H groups in total. The zero-order chi connectivity index (χ0) is 6.15. The minimum absolute atomic E-state index is 0.257. The molecule has 0 spiro atoms. The van der Waals surface area contributed by atoms with Crippen LogP contribution < -0.4 is 5.73 Å². The Morgan fingerprint density at radius 3 is 2.38 bits per heavy atom. The van der Waals surface area contributed by atoms with Gasteiger partial charge < -0.3 is 5.73 Å². The van der Waals surface area contributed by atoms with Gasteiger partial charge in [-0.25, -0.2) is 0 Å². The van der Waals surface area contributed by atoms with Crippen LogP contribution in [-0.4, -0.2) is 15.0 Å². The lowest BCUT2D eigenvalue weighted by Gasteiger charge is -1.76. The van der Waals surface area contributed by atoms with Gasteiger partial charge >= 0.3 is 0 Å². The molecule has 0 saturated heterocycles. The highest BCUT2D eigenvalue weighted by Gasteiger charge is 1.98. The molecule has 0 unspecified atom stereocenters. The first-order chi connectivity index (χ1) is 3.70. The predicted octanol–water partition coefficient (Wildman–Crippen LogP) is 0.0507. The van der Waals surface area contributed by atoms with Crippen molar-refractivity contribution in [2.24, 2.45) is 7.05 Å². The second-order valence-electron chi connectivity index (χ2n) is 1.37. The van der Waals surface area contributed by atoms with Gasteiger partial charge in [-0.1, -0.05) is 11.6 Å². The van der Waals surface area contributed by atoms with Crippen LogP contribution in [0.25, 0.3) is 0 Å². The SMILES string of the molecule is Cn1nc(N)c(Cl)n1. The molecule has 5 heteroatoms. The van der Waals surface area contributed by atoms with Gasteiger partial charge in [-0.15, -0.1) is 10.2 Å². The van der Waals surface area contributed by atoms with Crippen LogP contribution in [0.4, 0.5) is 5.82 Å². The van der Waals surface area contributed by atoms with Crippen LogP contribution in [0.1, 0.15) is 0 Å². The van der Waals surface area contributed by atoms with Gasteiger partial charge in [-0.05, 0) is 0 Å². The Kier molecular flexibility index (Phi) is 1.09. The molecule has 1 heterocycles. The number of rotatable bonds is 0. The van der Waals surface area contributed by atoms with Gasteiger partial charge in [0.15, 0.2) is 11.0 Å². The third kappa shape index (κ3) is 0.742. The molecule has 0 amide bonds. The van der Waals surface area contributed by atoms with E-state index >= 15 is 0 Å². The monoisotopic (exact) mass is 132 g/mol. The zero-order valence-electron chi connectivity index (χ0n) is 4.30. The lowest BCUT2D eigenvalue weighted by atomic mass is 10.8. The van der Waals surface area contributed by atoms with Gasteiger partial charge in [-0.3, -0.25) is 0 Å². The molecule has 0 radical (unpaired) electrons. The second-order valence-corrected chi connectivity index (χ2v) is 1.72. The van der Waals surface area contributed by atoms with E-state index in [1.165, 1.54) is 4.80 Å². The Bertz CT molecular complexity index is 174. The number of nitrogens with two attached hydrogens (primary N) is 1. The van der Waals surface area contributed by atoms with Crippen molar-refractivity contribution in [1.29, 1.82) is 0 Å². The van der Waals surface area contributed by atoms with Crippen molar-refractivity contribution >= 4 is 17.4 Å². The molecule has 0 atom stereocenters. The van der Waals surface area contributed by atoms with Gasteiger partial charge in [0.05, 0.1) is 0 Å². The van der Waals surface area contributed by atoms with Gasteiger partial charge in [-0.2, -0.15) is 4.80 Å². The molecule has 0 aliphatic carbocycles. The summed E-state index contributed by atoms with van der Waals surface area (Å²) >= 11 is 5.41. The summed E-state index contributed by atoms with van der Waals surface area (Å²) in [5.41, 5.74) is 5.21. The van der Waals surface area contributed by atoms with E-state index in [0.29, 0.717) is 0 Å². The summed E-state index contributed by atoms with van der Waals surface area (Å²) in [5, 5.41) is 7.58. The van der Waals surface area contributed by atoms with Crippen LogP contribution in [-0.2, 0) is 7.05 Å². The number of anilines is 1. The van der Waals surface area contributed by atoms with Gasteiger partial charge in [0.2, 0.25) is 0 Å². The Morgan fingerprint density at radius 1 is 1.62 bits per heavy atom. The molecule has 0 bridgehead atoms. The molecular formula is C3H5ClN4. The van der Waals surface area contributed by atoms with Crippen LogP contribution >= 0.6 is 11.6 Å². The zero-order valence-corrected chi connectivity index (χ0v) is 5.05. The summed E-state index contributed by atoms with van der Waals surface area (Å²) in [7, 11) is 1.66. The summed E-state index contributed by atoms with van der Waals surface area (Å²) in [6, 6.07) is 0. The lowest BCUT2D eigenvalue weighted by molar-refractivity contribution is 0.656. The maximum Gasteiger partial charge on any atom is 0.195 e. The molecular weight excluding hydrogens is 128 g/mol. The van der Waals surface area contributed by atoms with Crippen molar-refractivity contribution in [2.45, 2.75) is 0 Å². The number of nitrogen functional groups attached to an aromatic ring is 1. The fourth-order valence-electron chi connectivity index (χ4n) is 0.398. The number of aromatic nitrogens is 3. The van der Waals surface area contributed by atoms with Crippen molar-refractivity contribution in [3.63, 3.8) is 0 Å². The van der Waals surface area contributed by atoms with E-state index in [-0.39, 0.29) is 11.0 Å². The van der Waals surface area contributed by atoms with E-state index in [1.807, 2.05) is 0 Å². The number of nitrogens with zero attached hydrogens (tertiary/aromatic N) is 3. The van der Waals surface area contributed by atoms with Crippen molar-refractivity contribution in [2.75, 3.05) is 5.73 Å². The van der Waals surface area contributed by atoms with Crippen molar-refractivity contribution in [3.8, 4) is 0 Å². The number of hydrogen-bond donors (Lipinski definition) is 1. The minimum atomic E-state index is 0.257. The molecule has 0 aliphatic heterocycles. The highest BCUT2D eigenvalue weighted by atomic mass is 35.5. The third-order valence-electron chi connectivity index (χ3n) is 0.696. The normalized spacial score (nSPS) is 9.75. The molecule has 0 fully saturated rings. The van der Waals surface area contributed by atoms with E-state index in [2.05, 4.69) is 10.2 Å². The second kappa shape index (κ2) is 1.63. The molecule has 1 aromatic heterocycles. The first-order valence-corrected chi connectivity index (χ1v) is 2.40. The molecule has 1 aromatic rings. The maximum absolute atomic E-state index is 5.41. The van der Waals surface area contributed by atoms with E-state index < -0.39 is 0 Å². The summed E-state index contributed by atoms with van der Waals surface area (Å²) in [6.07, 6.45) is 0. The fraction of sp³-hybridized carbons (Fsp3) is 0.333. The molecule has 4 nitrogen and oxygen atoms in total. The summed E-state index contributed by atoms with van der Waals surface area (Å²) < 4.78 is 0. The van der Waals surface area contributed by atoms with E-state index in [4.69, 9.17) is 17.3 Å². The van der Waals surface area contributed by atoms with E-state index in [0.717, 1.165) is 0 Å². The van der Waals surface area contributed by atoms with Gasteiger partial charge in [0.1, 0.15) is 0 Å². The molecule has 8 heavy (non-hydrogen) atoms. The van der Waals surface area contributed by atoms with Crippen molar-refractivity contribution in [1.82, 2.24) is 15.0 Å². The smallest absolute Gasteiger partial charge is 0.195 e. The van der Waals surface area contributed by atoms with Gasteiger partial charge in [0.25, 0.3) is 0 Å². The Hall–Kier alpha value is -0.770. The van der Waals surface area contributed by atoms with Crippen LogP contribution in [0.5, 0.6) is 0 Å². The molecule has 0 aliphatic rings. The predicted molar refractivity (Wildman–Crippen MR) is 30.4 cm³/mol. The Balaban J connectivity index is 3.14. The standard InChI is InChI=1S/C3H5ClN4/c1-8-6-2(4)3(5)7-8/h1H3,(H2,5,7). The van der Waals surface area contributed by atoms with Crippen molar-refractivity contribution in [3.05, 3.63) is 5.15 Å². The Labute approximate surface area is 51.2 Å². The number of aryl methyl sites for hydroxylation is 1. The quantitative estimate of drug-likeness (QED) is 0.543. The highest BCUT2D eigenvalue weighted by molar-refractivity contribution is 6.31. The molecule has 44 valence electrons. The molecule has 1 rings (SSSR count). The van der Waals surface area contributed by atoms with Crippen molar-refractivity contribution < 1.29 is 0 Å². The number of halogens is 1. The lowest BCUT2D eigenvalue weighted by Crippen LogP contribution is -1.92. The third-order valence-corrected chi connectivity index (χ3v) is 0.966. The molecule has 0 saturated carbocycles. The van der Waals surface area contributed by atoms with Crippen LogP contribution in [0.3, 0.4) is 0 Å². The summed E-state index contributed by atoms with van der Waals surface area (Å²) in [4.78, 5) is 1.32. The minimum Gasteiger partial charge on any atom is -0.380 e. The first kappa shape index (κ1) is 5.37. The Morgan fingerprint density at radius 2 is 2.25 bits per heavy atom. The average Bonchev–Trinajstić information content (AvgIpc) is 1.85. The number of hydrogen-bond acceptors (Lipinski definition) is 3. The van der Waals surface area contributed by atoms with Crippen LogP contribution in [0.15, 0.2) is 0 Å². The summed E-state index contributed by atoms with van der Waals surface area (Å²) in [5.74, 6) is 0.272. The summed E-state index contributed by atoms with van der Waals surface area (Å²) in [6.45, 7) is 0. The molecule has 0 aromatic carbocycles. The van der Waals surface area contributed by atoms with Gasteiger partial charge in [0, 0.05) is 7.05 Å². The topological polar surface area (TPSA) is 56.7 Å². The van der Waals surface area contributed by atoms with Crippen LogP contribution in [0.2, 0.25) is 5.15 Å². The van der Waals surface area contributed by atoms with E-state index in [9.17, 15) is 0 Å². The fourth-order valence-corrected chi connectivity index (χ4v) is 0.545.